The molecule has 3 atom stereocenters. The Bertz CT molecular complexity index is 211. The lowest BCUT2D eigenvalue weighted by atomic mass is 9.87. The lowest BCUT2D eigenvalue weighted by Crippen LogP contribution is -2.40. The highest BCUT2D eigenvalue weighted by molar-refractivity contribution is 4.75. The minimum atomic E-state index is -4.56. The minimum Gasteiger partial charge on any atom is -0.393 e. The molecule has 0 heterocycles. The Morgan fingerprint density at radius 3 is 2.56 bits per heavy atom. The number of aliphatic hydroxyl groups excluding tert-OH is 2. The molecule has 0 aromatic carbocycles. The van der Waals surface area contributed by atoms with Gasteiger partial charge in [-0.15, -0.1) is 0 Å². The van der Waals surface area contributed by atoms with Gasteiger partial charge in [0, 0.05) is 6.54 Å². The Morgan fingerprint density at radius 2 is 2.00 bits per heavy atom. The van der Waals surface area contributed by atoms with Gasteiger partial charge >= 0.3 is 6.18 Å². The number of alkyl halides is 3. The maximum atomic E-state index is 11.9. The SMILES string of the molecule is OC1CCCC(CNCC(O)C(F)(F)F)C1. The fourth-order valence-electron chi connectivity index (χ4n) is 1.99. The molecule has 1 fully saturated rings. The van der Waals surface area contributed by atoms with E-state index in [1.54, 1.807) is 0 Å². The Morgan fingerprint density at radius 1 is 1.31 bits per heavy atom. The van der Waals surface area contributed by atoms with Gasteiger partial charge in [-0.1, -0.05) is 6.42 Å². The number of aliphatic hydroxyl groups is 2. The molecule has 6 heteroatoms. The van der Waals surface area contributed by atoms with Crippen LogP contribution < -0.4 is 5.32 Å². The highest BCUT2D eigenvalue weighted by Crippen LogP contribution is 2.24. The molecule has 3 nitrogen and oxygen atoms in total. The van der Waals surface area contributed by atoms with Crippen molar-refractivity contribution in [2.75, 3.05) is 13.1 Å². The van der Waals surface area contributed by atoms with Crippen LogP contribution in [0.25, 0.3) is 0 Å². The van der Waals surface area contributed by atoms with Gasteiger partial charge in [-0.25, -0.2) is 0 Å². The van der Waals surface area contributed by atoms with Gasteiger partial charge in [-0.3, -0.25) is 0 Å². The quantitative estimate of drug-likeness (QED) is 0.689. The zero-order valence-corrected chi connectivity index (χ0v) is 9.00. The van der Waals surface area contributed by atoms with E-state index in [4.69, 9.17) is 5.11 Å². The van der Waals surface area contributed by atoms with Crippen LogP contribution in [0.1, 0.15) is 25.7 Å². The first kappa shape index (κ1) is 13.7. The van der Waals surface area contributed by atoms with E-state index in [0.717, 1.165) is 19.3 Å². The van der Waals surface area contributed by atoms with E-state index in [2.05, 4.69) is 5.32 Å². The molecule has 3 unspecified atom stereocenters. The van der Waals surface area contributed by atoms with Crippen LogP contribution in [0.3, 0.4) is 0 Å². The van der Waals surface area contributed by atoms with Crippen molar-refractivity contribution in [1.29, 1.82) is 0 Å². The Labute approximate surface area is 92.7 Å². The summed E-state index contributed by atoms with van der Waals surface area (Å²) in [5, 5.41) is 20.7. The summed E-state index contributed by atoms with van der Waals surface area (Å²) in [6.07, 6.45) is -3.94. The summed E-state index contributed by atoms with van der Waals surface area (Å²) in [7, 11) is 0. The number of nitrogens with one attached hydrogen (secondary N) is 1. The van der Waals surface area contributed by atoms with E-state index in [1.807, 2.05) is 0 Å². The summed E-state index contributed by atoms with van der Waals surface area (Å²) in [5.74, 6) is 0.212. The van der Waals surface area contributed by atoms with Crippen molar-refractivity contribution >= 4 is 0 Å². The molecule has 16 heavy (non-hydrogen) atoms. The molecule has 0 saturated heterocycles. The van der Waals surface area contributed by atoms with Gasteiger partial charge in [0.25, 0.3) is 0 Å². The smallest absolute Gasteiger partial charge is 0.393 e. The molecule has 1 rings (SSSR count). The standard InChI is InChI=1S/C10H18F3NO2/c11-10(12,13)9(16)6-14-5-7-2-1-3-8(15)4-7/h7-9,14-16H,1-6H2. The van der Waals surface area contributed by atoms with E-state index >= 15 is 0 Å². The lowest BCUT2D eigenvalue weighted by molar-refractivity contribution is -0.201. The molecule has 3 N–H and O–H groups in total. The van der Waals surface area contributed by atoms with Gasteiger partial charge in [-0.2, -0.15) is 13.2 Å². The monoisotopic (exact) mass is 241 g/mol. The van der Waals surface area contributed by atoms with Gasteiger partial charge in [0.2, 0.25) is 0 Å². The third-order valence-electron chi connectivity index (χ3n) is 2.90. The van der Waals surface area contributed by atoms with Crippen LogP contribution in [0, 0.1) is 5.92 Å². The highest BCUT2D eigenvalue weighted by Gasteiger charge is 2.37. The van der Waals surface area contributed by atoms with Crippen molar-refractivity contribution in [2.45, 2.75) is 44.1 Å². The summed E-state index contributed by atoms with van der Waals surface area (Å²) < 4.78 is 35.8. The third kappa shape index (κ3) is 4.67. The molecule has 1 saturated carbocycles. The maximum absolute atomic E-state index is 11.9. The van der Waals surface area contributed by atoms with Crippen LogP contribution in [-0.2, 0) is 0 Å². The molecule has 0 spiro atoms. The molecule has 1 aliphatic carbocycles. The maximum Gasteiger partial charge on any atom is 0.415 e. The summed E-state index contributed by atoms with van der Waals surface area (Å²) >= 11 is 0. The van der Waals surface area contributed by atoms with Crippen LogP contribution in [0.4, 0.5) is 13.2 Å². The van der Waals surface area contributed by atoms with Gasteiger partial charge < -0.3 is 15.5 Å². The average molecular weight is 241 g/mol. The van der Waals surface area contributed by atoms with Crippen molar-refractivity contribution < 1.29 is 23.4 Å². The number of halogens is 3. The van der Waals surface area contributed by atoms with Crippen LogP contribution >= 0.6 is 0 Å². The first-order valence-corrected chi connectivity index (χ1v) is 5.53. The third-order valence-corrected chi connectivity index (χ3v) is 2.90. The molecule has 0 radical (unpaired) electrons. The number of rotatable bonds is 4. The lowest BCUT2D eigenvalue weighted by Gasteiger charge is -2.26. The summed E-state index contributed by atoms with van der Waals surface area (Å²) in [6.45, 7) is -0.0553. The normalized spacial score (nSPS) is 29.1. The molecule has 0 aromatic rings. The predicted octanol–water partition coefficient (Wildman–Crippen LogP) is 1.05. The first-order chi connectivity index (χ1) is 7.39. The topological polar surface area (TPSA) is 52.5 Å². The second-order valence-corrected chi connectivity index (χ2v) is 4.40. The molecule has 96 valence electrons. The number of hydrogen-bond acceptors (Lipinski definition) is 3. The van der Waals surface area contributed by atoms with Gasteiger partial charge in [-0.05, 0) is 31.7 Å². The average Bonchev–Trinajstić information content (AvgIpc) is 2.16. The Kier molecular flexibility index (Phi) is 5.01. The highest BCUT2D eigenvalue weighted by atomic mass is 19.4. The minimum absolute atomic E-state index is 0.212. The predicted molar refractivity (Wildman–Crippen MR) is 52.9 cm³/mol. The molecule has 0 aromatic heterocycles. The van der Waals surface area contributed by atoms with Crippen molar-refractivity contribution in [3.63, 3.8) is 0 Å². The fraction of sp³-hybridized carbons (Fsp3) is 1.00. The van der Waals surface area contributed by atoms with E-state index in [-0.39, 0.29) is 12.0 Å². The van der Waals surface area contributed by atoms with Crippen molar-refractivity contribution in [3.05, 3.63) is 0 Å². The summed E-state index contributed by atoms with van der Waals surface area (Å²) in [5.41, 5.74) is 0. The fourth-order valence-corrected chi connectivity index (χ4v) is 1.99. The largest absolute Gasteiger partial charge is 0.415 e. The van der Waals surface area contributed by atoms with Gasteiger partial charge in [0.1, 0.15) is 0 Å². The zero-order valence-electron chi connectivity index (χ0n) is 9.00. The van der Waals surface area contributed by atoms with Crippen LogP contribution in [-0.4, -0.2) is 41.7 Å². The second-order valence-electron chi connectivity index (χ2n) is 4.40. The van der Waals surface area contributed by atoms with Crippen LogP contribution in [0.2, 0.25) is 0 Å². The Balaban J connectivity index is 2.15. The van der Waals surface area contributed by atoms with Crippen molar-refractivity contribution in [1.82, 2.24) is 5.32 Å². The van der Waals surface area contributed by atoms with Crippen molar-refractivity contribution in [2.24, 2.45) is 5.92 Å². The van der Waals surface area contributed by atoms with E-state index in [9.17, 15) is 18.3 Å². The summed E-state index contributed by atoms with van der Waals surface area (Å²) in [6, 6.07) is 0. The molecule has 0 aliphatic heterocycles. The van der Waals surface area contributed by atoms with Crippen molar-refractivity contribution in [3.8, 4) is 0 Å². The van der Waals surface area contributed by atoms with Gasteiger partial charge in [0.15, 0.2) is 6.10 Å². The number of hydrogen-bond donors (Lipinski definition) is 3. The molecule has 0 bridgehead atoms. The van der Waals surface area contributed by atoms with Crippen LogP contribution in [0.15, 0.2) is 0 Å². The van der Waals surface area contributed by atoms with Crippen LogP contribution in [0.5, 0.6) is 0 Å². The molecule has 0 amide bonds. The van der Waals surface area contributed by atoms with E-state index in [0.29, 0.717) is 13.0 Å². The molecule has 1 aliphatic rings. The van der Waals surface area contributed by atoms with Gasteiger partial charge in [0.05, 0.1) is 6.10 Å². The van der Waals surface area contributed by atoms with E-state index in [1.165, 1.54) is 0 Å². The molecular weight excluding hydrogens is 223 g/mol. The first-order valence-electron chi connectivity index (χ1n) is 5.53. The Hall–Kier alpha value is -0.330. The molecular formula is C10H18F3NO2. The second kappa shape index (κ2) is 5.84. The van der Waals surface area contributed by atoms with E-state index < -0.39 is 18.8 Å². The summed E-state index contributed by atoms with van der Waals surface area (Å²) in [4.78, 5) is 0. The zero-order chi connectivity index (χ0) is 12.2.